The van der Waals surface area contributed by atoms with Gasteiger partial charge in [-0.2, -0.15) is 0 Å². The lowest BCUT2D eigenvalue weighted by atomic mass is 10.1. The Labute approximate surface area is 132 Å². The van der Waals surface area contributed by atoms with E-state index in [1.807, 2.05) is 24.3 Å². The van der Waals surface area contributed by atoms with Gasteiger partial charge in [0.25, 0.3) is 5.91 Å². The second kappa shape index (κ2) is 7.24. The molecule has 0 aromatic heterocycles. The molecular formula is C16H17BrN2O2. The molecule has 0 fully saturated rings. The van der Waals surface area contributed by atoms with Crippen LogP contribution in [0.15, 0.2) is 46.9 Å². The van der Waals surface area contributed by atoms with Crippen molar-refractivity contribution in [1.29, 1.82) is 0 Å². The molecule has 0 atom stereocenters. The van der Waals surface area contributed by atoms with Crippen molar-refractivity contribution < 1.29 is 9.90 Å². The van der Waals surface area contributed by atoms with Crippen molar-refractivity contribution in [1.82, 2.24) is 0 Å². The number of carbonyl (C=O) groups is 1. The van der Waals surface area contributed by atoms with E-state index in [1.54, 1.807) is 18.2 Å². The molecule has 1 amide bonds. The molecule has 0 aliphatic heterocycles. The lowest BCUT2D eigenvalue weighted by Gasteiger charge is -2.08. The van der Waals surface area contributed by atoms with Crippen molar-refractivity contribution in [2.75, 3.05) is 17.7 Å². The van der Waals surface area contributed by atoms with E-state index in [0.29, 0.717) is 17.7 Å². The fraction of sp³-hybridized carbons (Fsp3) is 0.188. The summed E-state index contributed by atoms with van der Waals surface area (Å²) in [5.41, 5.74) is 8.63. The van der Waals surface area contributed by atoms with Gasteiger partial charge in [-0.3, -0.25) is 4.79 Å². The third-order valence-corrected chi connectivity index (χ3v) is 3.79. The number of nitrogens with one attached hydrogen (secondary N) is 1. The molecule has 5 heteroatoms. The van der Waals surface area contributed by atoms with Gasteiger partial charge in [-0.05, 0) is 64.7 Å². The first-order chi connectivity index (χ1) is 10.1. The molecule has 0 unspecified atom stereocenters. The summed E-state index contributed by atoms with van der Waals surface area (Å²) in [6, 6.07) is 12.7. The van der Waals surface area contributed by atoms with Crippen molar-refractivity contribution >= 4 is 33.2 Å². The van der Waals surface area contributed by atoms with Gasteiger partial charge in [0.15, 0.2) is 0 Å². The summed E-state index contributed by atoms with van der Waals surface area (Å²) in [5, 5.41) is 11.7. The highest BCUT2D eigenvalue weighted by Gasteiger charge is 2.08. The van der Waals surface area contributed by atoms with Gasteiger partial charge in [-0.25, -0.2) is 0 Å². The quantitative estimate of drug-likeness (QED) is 0.726. The van der Waals surface area contributed by atoms with Crippen LogP contribution in [0.2, 0.25) is 0 Å². The first-order valence-corrected chi connectivity index (χ1v) is 7.45. The summed E-state index contributed by atoms with van der Waals surface area (Å²) in [7, 11) is 0. The van der Waals surface area contributed by atoms with E-state index >= 15 is 0 Å². The summed E-state index contributed by atoms with van der Waals surface area (Å²) in [6.45, 7) is 0.161. The van der Waals surface area contributed by atoms with Crippen LogP contribution in [-0.2, 0) is 6.42 Å². The first kappa shape index (κ1) is 15.5. The lowest BCUT2D eigenvalue weighted by molar-refractivity contribution is 0.102. The van der Waals surface area contributed by atoms with Crippen molar-refractivity contribution in [2.24, 2.45) is 0 Å². The van der Waals surface area contributed by atoms with E-state index in [-0.39, 0.29) is 12.5 Å². The number of anilines is 2. The zero-order chi connectivity index (χ0) is 15.2. The van der Waals surface area contributed by atoms with Gasteiger partial charge in [0.2, 0.25) is 0 Å². The van der Waals surface area contributed by atoms with Gasteiger partial charge in [-0.15, -0.1) is 0 Å². The van der Waals surface area contributed by atoms with Crippen molar-refractivity contribution in [3.05, 3.63) is 58.1 Å². The second-order valence-corrected chi connectivity index (χ2v) is 5.57. The topological polar surface area (TPSA) is 75.4 Å². The number of hydrogen-bond donors (Lipinski definition) is 3. The van der Waals surface area contributed by atoms with Crippen LogP contribution < -0.4 is 11.1 Å². The Morgan fingerprint density at radius 1 is 1.24 bits per heavy atom. The zero-order valence-electron chi connectivity index (χ0n) is 11.5. The van der Waals surface area contributed by atoms with Gasteiger partial charge in [-0.1, -0.05) is 12.1 Å². The molecular weight excluding hydrogens is 332 g/mol. The molecule has 2 rings (SSSR count). The maximum Gasteiger partial charge on any atom is 0.255 e. The van der Waals surface area contributed by atoms with Gasteiger partial charge < -0.3 is 16.2 Å². The summed E-state index contributed by atoms with van der Waals surface area (Å²) >= 11 is 3.30. The SMILES string of the molecule is Nc1cc(C(=O)Nc2cccc(CCCO)c2)ccc1Br. The van der Waals surface area contributed by atoms with Crippen LogP contribution in [0.5, 0.6) is 0 Å². The Kier molecular flexibility index (Phi) is 5.36. The maximum atomic E-state index is 12.2. The molecule has 2 aromatic rings. The van der Waals surface area contributed by atoms with Crippen LogP contribution in [0.1, 0.15) is 22.3 Å². The highest BCUT2D eigenvalue weighted by Crippen LogP contribution is 2.21. The number of hydrogen-bond acceptors (Lipinski definition) is 3. The van der Waals surface area contributed by atoms with Gasteiger partial charge in [0.1, 0.15) is 0 Å². The normalized spacial score (nSPS) is 10.4. The highest BCUT2D eigenvalue weighted by molar-refractivity contribution is 9.10. The number of amides is 1. The monoisotopic (exact) mass is 348 g/mol. The summed E-state index contributed by atoms with van der Waals surface area (Å²) in [4.78, 5) is 12.2. The number of rotatable bonds is 5. The molecule has 0 radical (unpaired) electrons. The summed E-state index contributed by atoms with van der Waals surface area (Å²) < 4.78 is 0.769. The van der Waals surface area contributed by atoms with Crippen LogP contribution in [0.4, 0.5) is 11.4 Å². The fourth-order valence-corrected chi connectivity index (χ4v) is 2.22. The fourth-order valence-electron chi connectivity index (χ4n) is 1.98. The second-order valence-electron chi connectivity index (χ2n) is 4.72. The number of nitrogens with two attached hydrogens (primary N) is 1. The van der Waals surface area contributed by atoms with Crippen LogP contribution >= 0.6 is 15.9 Å². The number of aliphatic hydroxyl groups excluding tert-OH is 1. The lowest BCUT2D eigenvalue weighted by Crippen LogP contribution is -2.12. The van der Waals surface area contributed by atoms with Crippen LogP contribution in [0, 0.1) is 0 Å². The Bertz CT molecular complexity index is 644. The molecule has 0 heterocycles. The van der Waals surface area contributed by atoms with Crippen LogP contribution in [0.25, 0.3) is 0 Å². The van der Waals surface area contributed by atoms with Gasteiger partial charge >= 0.3 is 0 Å². The van der Waals surface area contributed by atoms with E-state index in [4.69, 9.17) is 10.8 Å². The van der Waals surface area contributed by atoms with Crippen LogP contribution in [-0.4, -0.2) is 17.6 Å². The third-order valence-electron chi connectivity index (χ3n) is 3.07. The predicted octanol–water partition coefficient (Wildman–Crippen LogP) is 3.21. The minimum absolute atomic E-state index is 0.161. The Morgan fingerprint density at radius 3 is 2.76 bits per heavy atom. The first-order valence-electron chi connectivity index (χ1n) is 6.66. The minimum Gasteiger partial charge on any atom is -0.398 e. The van der Waals surface area contributed by atoms with Crippen molar-refractivity contribution in [2.45, 2.75) is 12.8 Å². The molecule has 0 spiro atoms. The van der Waals surface area contributed by atoms with Crippen LogP contribution in [0.3, 0.4) is 0 Å². The maximum absolute atomic E-state index is 12.2. The van der Waals surface area contributed by atoms with E-state index in [0.717, 1.165) is 22.1 Å². The van der Waals surface area contributed by atoms with E-state index in [9.17, 15) is 4.79 Å². The molecule has 0 saturated carbocycles. The Morgan fingerprint density at radius 2 is 2.05 bits per heavy atom. The predicted molar refractivity (Wildman–Crippen MR) is 88.4 cm³/mol. The number of halogens is 1. The summed E-state index contributed by atoms with van der Waals surface area (Å²) in [6.07, 6.45) is 1.49. The van der Waals surface area contributed by atoms with Crippen molar-refractivity contribution in [3.63, 3.8) is 0 Å². The molecule has 4 nitrogen and oxygen atoms in total. The van der Waals surface area contributed by atoms with Gasteiger partial charge in [0.05, 0.1) is 0 Å². The van der Waals surface area contributed by atoms with Crippen molar-refractivity contribution in [3.8, 4) is 0 Å². The molecule has 4 N–H and O–H groups in total. The standard InChI is InChI=1S/C16H17BrN2O2/c17-14-7-6-12(10-15(14)18)16(21)19-13-5-1-3-11(9-13)4-2-8-20/h1,3,5-7,9-10,20H,2,4,8,18H2,(H,19,21). The largest absolute Gasteiger partial charge is 0.398 e. The average molecular weight is 349 g/mol. The smallest absolute Gasteiger partial charge is 0.255 e. The molecule has 0 aliphatic carbocycles. The number of benzene rings is 2. The van der Waals surface area contributed by atoms with Gasteiger partial charge in [0, 0.05) is 28.0 Å². The number of aliphatic hydroxyl groups is 1. The summed E-state index contributed by atoms with van der Waals surface area (Å²) in [5.74, 6) is -0.200. The van der Waals surface area contributed by atoms with E-state index in [2.05, 4.69) is 21.2 Å². The highest BCUT2D eigenvalue weighted by atomic mass is 79.9. The molecule has 0 saturated heterocycles. The molecule has 2 aromatic carbocycles. The molecule has 110 valence electrons. The average Bonchev–Trinajstić information content (AvgIpc) is 2.48. The molecule has 21 heavy (non-hydrogen) atoms. The van der Waals surface area contributed by atoms with E-state index < -0.39 is 0 Å². The number of carbonyl (C=O) groups excluding carboxylic acids is 1. The minimum atomic E-state index is -0.200. The Hall–Kier alpha value is -1.85. The molecule has 0 bridgehead atoms. The number of aryl methyl sites for hydroxylation is 1. The third kappa shape index (κ3) is 4.31. The van der Waals surface area contributed by atoms with E-state index in [1.165, 1.54) is 0 Å². The molecule has 0 aliphatic rings. The zero-order valence-corrected chi connectivity index (χ0v) is 13.1. The number of nitrogen functional groups attached to an aromatic ring is 1. The Balaban J connectivity index is 2.10.